The minimum absolute atomic E-state index is 0.00612. The second-order valence-electron chi connectivity index (χ2n) is 8.82. The first kappa shape index (κ1) is 28.0. The molecule has 0 spiro atoms. The predicted molar refractivity (Wildman–Crippen MR) is 141 cm³/mol. The molecule has 9 heteroatoms. The molecule has 1 atom stereocenters. The van der Waals surface area contributed by atoms with Crippen LogP contribution < -0.4 is 5.32 Å². The molecular weight excluding hydrogens is 493 g/mol. The van der Waals surface area contributed by atoms with Gasteiger partial charge in [-0.3, -0.25) is 9.59 Å². The molecule has 2 amide bonds. The molecule has 7 nitrogen and oxygen atoms in total. The lowest BCUT2D eigenvalue weighted by atomic mass is 10.0. The van der Waals surface area contributed by atoms with Gasteiger partial charge in [0.15, 0.2) is 0 Å². The number of halogens is 1. The van der Waals surface area contributed by atoms with Gasteiger partial charge in [-0.05, 0) is 49.2 Å². The number of nitrogens with one attached hydrogen (secondary N) is 1. The summed E-state index contributed by atoms with van der Waals surface area (Å²) in [5.74, 6) is -1.32. The molecule has 0 fully saturated rings. The van der Waals surface area contributed by atoms with E-state index in [9.17, 15) is 22.4 Å². The van der Waals surface area contributed by atoms with Gasteiger partial charge in [0, 0.05) is 26.6 Å². The highest BCUT2D eigenvalue weighted by molar-refractivity contribution is 7.89. The lowest BCUT2D eigenvalue weighted by molar-refractivity contribution is -0.141. The Morgan fingerprint density at radius 2 is 1.54 bits per heavy atom. The smallest absolute Gasteiger partial charge is 0.243 e. The quantitative estimate of drug-likeness (QED) is 0.415. The third-order valence-electron chi connectivity index (χ3n) is 5.98. The van der Waals surface area contributed by atoms with Crippen LogP contribution in [0.5, 0.6) is 0 Å². The molecule has 3 aromatic rings. The fraction of sp³-hybridized carbons (Fsp3) is 0.286. The van der Waals surface area contributed by atoms with Crippen molar-refractivity contribution < 1.29 is 22.4 Å². The predicted octanol–water partition coefficient (Wildman–Crippen LogP) is 3.53. The highest BCUT2D eigenvalue weighted by Crippen LogP contribution is 2.18. The molecule has 0 aliphatic heterocycles. The highest BCUT2D eigenvalue weighted by atomic mass is 32.2. The Bertz CT molecular complexity index is 1300. The lowest BCUT2D eigenvalue weighted by Crippen LogP contribution is -2.53. The molecule has 0 saturated carbocycles. The molecule has 37 heavy (non-hydrogen) atoms. The molecule has 0 aliphatic rings. The maximum absolute atomic E-state index is 13.7. The van der Waals surface area contributed by atoms with Crippen LogP contribution in [0.25, 0.3) is 0 Å². The molecule has 1 N–H and O–H groups in total. The van der Waals surface area contributed by atoms with Crippen molar-refractivity contribution in [2.45, 2.75) is 37.8 Å². The van der Waals surface area contributed by atoms with Crippen molar-refractivity contribution in [3.63, 3.8) is 0 Å². The monoisotopic (exact) mass is 525 g/mol. The Kier molecular flexibility index (Phi) is 9.54. The molecule has 0 aromatic heterocycles. The topological polar surface area (TPSA) is 86.8 Å². The van der Waals surface area contributed by atoms with E-state index >= 15 is 0 Å². The van der Waals surface area contributed by atoms with Crippen molar-refractivity contribution >= 4 is 21.8 Å². The van der Waals surface area contributed by atoms with Crippen molar-refractivity contribution in [3.05, 3.63) is 101 Å². The number of aryl methyl sites for hydroxylation is 1. The van der Waals surface area contributed by atoms with Crippen LogP contribution in [0.4, 0.5) is 4.39 Å². The summed E-state index contributed by atoms with van der Waals surface area (Å²) in [7, 11) is -2.61. The van der Waals surface area contributed by atoms with Crippen LogP contribution in [0, 0.1) is 12.7 Å². The maximum atomic E-state index is 13.7. The summed E-state index contributed by atoms with van der Waals surface area (Å²) in [6.07, 6.45) is 0.230. The van der Waals surface area contributed by atoms with E-state index in [2.05, 4.69) is 5.32 Å². The van der Waals surface area contributed by atoms with E-state index in [1.165, 1.54) is 36.2 Å². The van der Waals surface area contributed by atoms with Gasteiger partial charge in [-0.2, -0.15) is 4.31 Å². The van der Waals surface area contributed by atoms with Crippen LogP contribution >= 0.6 is 0 Å². The van der Waals surface area contributed by atoms with E-state index in [0.29, 0.717) is 12.1 Å². The normalized spacial score (nSPS) is 12.2. The molecule has 0 bridgehead atoms. The number of likely N-dealkylation sites (N-methyl/N-ethyl adjacent to an activating group) is 2. The van der Waals surface area contributed by atoms with Crippen molar-refractivity contribution in [2.24, 2.45) is 0 Å². The summed E-state index contributed by atoms with van der Waals surface area (Å²) in [4.78, 5) is 28.3. The number of nitrogens with zero attached hydrogens (tertiary/aromatic N) is 2. The van der Waals surface area contributed by atoms with Crippen LogP contribution in [-0.2, 0) is 32.6 Å². The molecule has 0 radical (unpaired) electrons. The largest absolute Gasteiger partial charge is 0.355 e. The Hall–Kier alpha value is -3.56. The standard InChI is InChI=1S/C28H32FN3O4S/c1-4-30-28(34)26(18-22-8-6-5-7-9-22)32(19-23-12-14-24(29)15-13-23)27(33)20-31(3)37(35,36)25-16-10-21(2)11-17-25/h5-17,26H,4,18-20H2,1-3H3,(H,30,34)/t26-/m0/s1. The third-order valence-corrected chi connectivity index (χ3v) is 7.79. The third kappa shape index (κ3) is 7.47. The zero-order valence-electron chi connectivity index (χ0n) is 21.2. The van der Waals surface area contributed by atoms with Gasteiger partial charge in [-0.1, -0.05) is 60.2 Å². The van der Waals surface area contributed by atoms with E-state index in [1.807, 2.05) is 37.3 Å². The molecule has 196 valence electrons. The summed E-state index contributed by atoms with van der Waals surface area (Å²) in [6, 6.07) is 20.4. The number of sulfonamides is 1. The van der Waals surface area contributed by atoms with Gasteiger partial charge in [-0.15, -0.1) is 0 Å². The zero-order chi connectivity index (χ0) is 27.0. The van der Waals surface area contributed by atoms with Crippen molar-refractivity contribution in [3.8, 4) is 0 Å². The van der Waals surface area contributed by atoms with Crippen molar-refractivity contribution in [2.75, 3.05) is 20.1 Å². The first-order valence-corrected chi connectivity index (χ1v) is 13.4. The highest BCUT2D eigenvalue weighted by Gasteiger charge is 2.32. The van der Waals surface area contributed by atoms with Gasteiger partial charge in [0.1, 0.15) is 11.9 Å². The fourth-order valence-electron chi connectivity index (χ4n) is 3.89. The number of hydrogen-bond acceptors (Lipinski definition) is 4. The van der Waals surface area contributed by atoms with E-state index in [-0.39, 0.29) is 23.8 Å². The van der Waals surface area contributed by atoms with Gasteiger partial charge >= 0.3 is 0 Å². The molecular formula is C28H32FN3O4S. The first-order valence-electron chi connectivity index (χ1n) is 12.0. The van der Waals surface area contributed by atoms with Crippen LogP contribution in [-0.4, -0.2) is 55.6 Å². The summed E-state index contributed by atoms with van der Waals surface area (Å²) in [5, 5.41) is 2.79. The summed E-state index contributed by atoms with van der Waals surface area (Å²) < 4.78 is 40.8. The number of carbonyl (C=O) groups excluding carboxylic acids is 2. The summed E-state index contributed by atoms with van der Waals surface area (Å²) >= 11 is 0. The number of hydrogen-bond donors (Lipinski definition) is 1. The van der Waals surface area contributed by atoms with Crippen LogP contribution in [0.2, 0.25) is 0 Å². The fourth-order valence-corrected chi connectivity index (χ4v) is 5.01. The van der Waals surface area contributed by atoms with E-state index in [4.69, 9.17) is 0 Å². The molecule has 0 saturated heterocycles. The maximum Gasteiger partial charge on any atom is 0.243 e. The second kappa shape index (κ2) is 12.6. The minimum atomic E-state index is -3.94. The summed E-state index contributed by atoms with van der Waals surface area (Å²) in [5.41, 5.74) is 2.37. The second-order valence-corrected chi connectivity index (χ2v) is 10.9. The average Bonchev–Trinajstić information content (AvgIpc) is 2.88. The Balaban J connectivity index is 1.94. The number of benzene rings is 3. The molecule has 0 unspecified atom stereocenters. The SMILES string of the molecule is CCNC(=O)[C@H](Cc1ccccc1)N(Cc1ccc(F)cc1)C(=O)CN(C)S(=O)(=O)c1ccc(C)cc1. The summed E-state index contributed by atoms with van der Waals surface area (Å²) in [6.45, 7) is 3.54. The molecule has 3 rings (SSSR count). The Morgan fingerprint density at radius 1 is 0.919 bits per heavy atom. The average molecular weight is 526 g/mol. The van der Waals surface area contributed by atoms with Crippen molar-refractivity contribution in [1.82, 2.24) is 14.5 Å². The van der Waals surface area contributed by atoms with Gasteiger partial charge in [-0.25, -0.2) is 12.8 Å². The molecule has 3 aromatic carbocycles. The van der Waals surface area contributed by atoms with Gasteiger partial charge in [0.05, 0.1) is 11.4 Å². The minimum Gasteiger partial charge on any atom is -0.355 e. The Morgan fingerprint density at radius 3 is 2.14 bits per heavy atom. The van der Waals surface area contributed by atoms with E-state index in [0.717, 1.165) is 15.4 Å². The molecule has 0 heterocycles. The van der Waals surface area contributed by atoms with Gasteiger partial charge in [0.2, 0.25) is 21.8 Å². The van der Waals surface area contributed by atoms with E-state index in [1.54, 1.807) is 31.2 Å². The molecule has 0 aliphatic carbocycles. The number of amides is 2. The van der Waals surface area contributed by atoms with Crippen LogP contribution in [0.15, 0.2) is 83.8 Å². The number of carbonyl (C=O) groups is 2. The van der Waals surface area contributed by atoms with Crippen molar-refractivity contribution in [1.29, 1.82) is 0 Å². The number of rotatable bonds is 11. The van der Waals surface area contributed by atoms with Crippen LogP contribution in [0.3, 0.4) is 0 Å². The van der Waals surface area contributed by atoms with Gasteiger partial charge in [0.25, 0.3) is 0 Å². The van der Waals surface area contributed by atoms with Gasteiger partial charge < -0.3 is 10.2 Å². The Labute approximate surface area is 218 Å². The van der Waals surface area contributed by atoms with E-state index < -0.39 is 34.3 Å². The zero-order valence-corrected chi connectivity index (χ0v) is 22.0. The van der Waals surface area contributed by atoms with Crippen LogP contribution in [0.1, 0.15) is 23.6 Å². The lowest BCUT2D eigenvalue weighted by Gasteiger charge is -2.32. The first-order chi connectivity index (χ1) is 17.6.